The number of fused-ring (bicyclic) bond motifs is 1. The van der Waals surface area contributed by atoms with Gasteiger partial charge in [0.25, 0.3) is 0 Å². The molecule has 0 amide bonds. The Bertz CT molecular complexity index is 438. The highest BCUT2D eigenvalue weighted by atomic mass is 16.5. The summed E-state index contributed by atoms with van der Waals surface area (Å²) in [6, 6.07) is 0. The molecule has 5 heteroatoms. The predicted octanol–water partition coefficient (Wildman–Crippen LogP) is 0.724. The van der Waals surface area contributed by atoms with E-state index in [-0.39, 0.29) is 5.92 Å². The van der Waals surface area contributed by atoms with Gasteiger partial charge in [0.1, 0.15) is 5.70 Å². The molecule has 18 heavy (non-hydrogen) atoms. The van der Waals surface area contributed by atoms with Gasteiger partial charge in [-0.2, -0.15) is 0 Å². The molecule has 0 unspecified atom stereocenters. The van der Waals surface area contributed by atoms with Gasteiger partial charge in [0.2, 0.25) is 0 Å². The van der Waals surface area contributed by atoms with Crippen molar-refractivity contribution in [2.45, 2.75) is 6.42 Å². The fourth-order valence-electron chi connectivity index (χ4n) is 2.74. The molecule has 2 rings (SSSR count). The highest BCUT2D eigenvalue weighted by Crippen LogP contribution is 2.39. The standard InChI is InChI=1S/C13H17NO4/c1-14-7-8-5-4-6-9(8)10(12(15)17-2)11(14)13(16)18-3/h4,6,8-9H,5,7H2,1-3H3/t8-,9-/m0/s1. The van der Waals surface area contributed by atoms with E-state index < -0.39 is 11.9 Å². The molecule has 0 aromatic heterocycles. The summed E-state index contributed by atoms with van der Waals surface area (Å²) >= 11 is 0. The molecular formula is C13H17NO4. The average molecular weight is 251 g/mol. The lowest BCUT2D eigenvalue weighted by atomic mass is 9.83. The monoisotopic (exact) mass is 251 g/mol. The largest absolute Gasteiger partial charge is 0.466 e. The zero-order chi connectivity index (χ0) is 13.3. The summed E-state index contributed by atoms with van der Waals surface area (Å²) in [5, 5.41) is 0. The zero-order valence-electron chi connectivity index (χ0n) is 10.8. The second-order valence-corrected chi connectivity index (χ2v) is 4.58. The van der Waals surface area contributed by atoms with Gasteiger partial charge in [-0.05, 0) is 12.3 Å². The molecule has 0 aromatic carbocycles. The minimum absolute atomic E-state index is 0.0391. The molecule has 1 aliphatic carbocycles. The Kier molecular flexibility index (Phi) is 3.41. The van der Waals surface area contributed by atoms with E-state index in [2.05, 4.69) is 0 Å². The molecule has 0 N–H and O–H groups in total. The van der Waals surface area contributed by atoms with E-state index >= 15 is 0 Å². The highest BCUT2D eigenvalue weighted by Gasteiger charge is 2.41. The lowest BCUT2D eigenvalue weighted by Gasteiger charge is -2.35. The number of rotatable bonds is 2. The quantitative estimate of drug-likeness (QED) is 0.535. The van der Waals surface area contributed by atoms with Crippen LogP contribution >= 0.6 is 0 Å². The third-order valence-electron chi connectivity index (χ3n) is 3.55. The van der Waals surface area contributed by atoms with Crippen molar-refractivity contribution in [3.63, 3.8) is 0 Å². The molecule has 0 fully saturated rings. The van der Waals surface area contributed by atoms with Crippen LogP contribution in [0.25, 0.3) is 0 Å². The topological polar surface area (TPSA) is 55.8 Å². The fraction of sp³-hybridized carbons (Fsp3) is 0.538. The number of allylic oxidation sites excluding steroid dienone is 2. The number of carbonyl (C=O) groups is 2. The molecule has 2 atom stereocenters. The molecule has 0 bridgehead atoms. The molecule has 2 aliphatic rings. The van der Waals surface area contributed by atoms with E-state index in [4.69, 9.17) is 9.47 Å². The first-order valence-electron chi connectivity index (χ1n) is 5.88. The molecule has 5 nitrogen and oxygen atoms in total. The number of likely N-dealkylation sites (N-methyl/N-ethyl adjacent to an activating group) is 1. The van der Waals surface area contributed by atoms with E-state index in [0.717, 1.165) is 13.0 Å². The number of esters is 2. The van der Waals surface area contributed by atoms with Gasteiger partial charge in [-0.3, -0.25) is 0 Å². The second-order valence-electron chi connectivity index (χ2n) is 4.58. The maximum atomic E-state index is 11.9. The van der Waals surface area contributed by atoms with E-state index in [1.54, 1.807) is 11.9 Å². The Morgan fingerprint density at radius 3 is 2.56 bits per heavy atom. The third kappa shape index (κ3) is 1.89. The van der Waals surface area contributed by atoms with Crippen molar-refractivity contribution in [1.82, 2.24) is 4.90 Å². The van der Waals surface area contributed by atoms with E-state index in [1.807, 2.05) is 12.2 Å². The van der Waals surface area contributed by atoms with Gasteiger partial charge < -0.3 is 14.4 Å². The summed E-state index contributed by atoms with van der Waals surface area (Å²) in [7, 11) is 4.44. The van der Waals surface area contributed by atoms with Crippen LogP contribution in [0.2, 0.25) is 0 Å². The van der Waals surface area contributed by atoms with Crippen molar-refractivity contribution in [2.75, 3.05) is 27.8 Å². The van der Waals surface area contributed by atoms with Crippen LogP contribution in [0.15, 0.2) is 23.4 Å². The molecule has 1 heterocycles. The Balaban J connectivity index is 2.51. The highest BCUT2D eigenvalue weighted by molar-refractivity contribution is 6.01. The average Bonchev–Trinajstić information content (AvgIpc) is 2.82. The zero-order valence-corrected chi connectivity index (χ0v) is 10.8. The van der Waals surface area contributed by atoms with Gasteiger partial charge in [-0.25, -0.2) is 9.59 Å². The summed E-state index contributed by atoms with van der Waals surface area (Å²) in [4.78, 5) is 25.6. The van der Waals surface area contributed by atoms with Crippen LogP contribution in [0.4, 0.5) is 0 Å². The van der Waals surface area contributed by atoms with Crippen LogP contribution in [0, 0.1) is 11.8 Å². The number of carbonyl (C=O) groups excluding carboxylic acids is 2. The first kappa shape index (κ1) is 12.7. The number of hydrogen-bond acceptors (Lipinski definition) is 5. The van der Waals surface area contributed by atoms with E-state index in [1.165, 1.54) is 14.2 Å². The number of nitrogens with zero attached hydrogens (tertiary/aromatic N) is 1. The van der Waals surface area contributed by atoms with Crippen molar-refractivity contribution in [3.05, 3.63) is 23.4 Å². The first-order valence-corrected chi connectivity index (χ1v) is 5.88. The Morgan fingerprint density at radius 1 is 1.28 bits per heavy atom. The normalized spacial score (nSPS) is 26.1. The van der Waals surface area contributed by atoms with Crippen molar-refractivity contribution in [2.24, 2.45) is 11.8 Å². The van der Waals surface area contributed by atoms with Gasteiger partial charge in [0.15, 0.2) is 0 Å². The summed E-state index contributed by atoms with van der Waals surface area (Å²) in [6.07, 6.45) is 4.95. The van der Waals surface area contributed by atoms with Crippen LogP contribution in [0.3, 0.4) is 0 Å². The molecule has 0 aromatic rings. The van der Waals surface area contributed by atoms with Gasteiger partial charge in [-0.15, -0.1) is 0 Å². The smallest absolute Gasteiger partial charge is 0.354 e. The molecule has 1 aliphatic heterocycles. The molecule has 0 radical (unpaired) electrons. The summed E-state index contributed by atoms with van der Waals surface area (Å²) in [6.45, 7) is 0.739. The lowest BCUT2D eigenvalue weighted by molar-refractivity contribution is -0.141. The predicted molar refractivity (Wildman–Crippen MR) is 64.4 cm³/mol. The Hall–Kier alpha value is -1.78. The SMILES string of the molecule is COC(=O)C1=C(C(=O)OC)N(C)C[C@@H]2CC=C[C@H]12. The van der Waals surface area contributed by atoms with Crippen LogP contribution in [-0.4, -0.2) is 44.7 Å². The summed E-state index contributed by atoms with van der Waals surface area (Å²) < 4.78 is 9.57. The molecule has 0 saturated heterocycles. The molecular weight excluding hydrogens is 234 g/mol. The molecule has 0 saturated carbocycles. The Morgan fingerprint density at radius 2 is 1.94 bits per heavy atom. The van der Waals surface area contributed by atoms with Crippen molar-refractivity contribution < 1.29 is 19.1 Å². The molecule has 0 spiro atoms. The van der Waals surface area contributed by atoms with Gasteiger partial charge in [0.05, 0.1) is 19.8 Å². The van der Waals surface area contributed by atoms with Crippen molar-refractivity contribution in [3.8, 4) is 0 Å². The van der Waals surface area contributed by atoms with E-state index in [0.29, 0.717) is 17.2 Å². The third-order valence-corrected chi connectivity index (χ3v) is 3.55. The number of hydrogen-bond donors (Lipinski definition) is 0. The second kappa shape index (κ2) is 4.84. The van der Waals surface area contributed by atoms with Crippen LogP contribution in [0.1, 0.15) is 6.42 Å². The van der Waals surface area contributed by atoms with Crippen LogP contribution in [0.5, 0.6) is 0 Å². The maximum absolute atomic E-state index is 11.9. The van der Waals surface area contributed by atoms with Crippen molar-refractivity contribution in [1.29, 1.82) is 0 Å². The maximum Gasteiger partial charge on any atom is 0.354 e. The first-order chi connectivity index (χ1) is 8.60. The van der Waals surface area contributed by atoms with Gasteiger partial charge in [0, 0.05) is 19.5 Å². The van der Waals surface area contributed by atoms with E-state index in [9.17, 15) is 9.59 Å². The lowest BCUT2D eigenvalue weighted by Crippen LogP contribution is -2.40. The van der Waals surface area contributed by atoms with Crippen molar-refractivity contribution >= 4 is 11.9 Å². The molecule has 98 valence electrons. The fourth-order valence-corrected chi connectivity index (χ4v) is 2.74. The number of ether oxygens (including phenoxy) is 2. The van der Waals surface area contributed by atoms with Gasteiger partial charge >= 0.3 is 11.9 Å². The Labute approximate surface area is 106 Å². The van der Waals surface area contributed by atoms with Crippen LogP contribution in [-0.2, 0) is 19.1 Å². The minimum atomic E-state index is -0.489. The summed E-state index contributed by atoms with van der Waals surface area (Å²) in [5.74, 6) is -0.652. The van der Waals surface area contributed by atoms with Crippen LogP contribution < -0.4 is 0 Å². The van der Waals surface area contributed by atoms with Gasteiger partial charge in [-0.1, -0.05) is 12.2 Å². The number of methoxy groups -OCH3 is 2. The summed E-state index contributed by atoms with van der Waals surface area (Å²) in [5.41, 5.74) is 0.731. The minimum Gasteiger partial charge on any atom is -0.466 e.